The van der Waals surface area contributed by atoms with Gasteiger partial charge in [0.25, 0.3) is 0 Å². The number of hydrogen-bond acceptors (Lipinski definition) is 1. The molecule has 4 heteroatoms. The fourth-order valence-corrected chi connectivity index (χ4v) is 2.41. The number of methoxy groups -OCH3 is 1. The van der Waals surface area contributed by atoms with E-state index < -0.39 is 5.38 Å². The van der Waals surface area contributed by atoms with Crippen molar-refractivity contribution in [3.8, 4) is 5.75 Å². The van der Waals surface area contributed by atoms with Crippen LogP contribution in [-0.4, -0.2) is 7.11 Å². The van der Waals surface area contributed by atoms with E-state index in [2.05, 4.69) is 0 Å². The molecule has 0 saturated carbocycles. The minimum absolute atomic E-state index is 0.358. The maximum absolute atomic E-state index is 13.3. The van der Waals surface area contributed by atoms with Crippen LogP contribution in [0.15, 0.2) is 42.5 Å². The number of halogens is 3. The molecular formula is C14H11Cl2FO. The van der Waals surface area contributed by atoms with Crippen molar-refractivity contribution in [1.29, 1.82) is 0 Å². The van der Waals surface area contributed by atoms with Crippen molar-refractivity contribution < 1.29 is 9.13 Å². The number of benzene rings is 2. The van der Waals surface area contributed by atoms with E-state index in [1.54, 1.807) is 12.1 Å². The summed E-state index contributed by atoms with van der Waals surface area (Å²) in [6, 6.07) is 11.5. The van der Waals surface area contributed by atoms with Crippen molar-refractivity contribution in [3.05, 3.63) is 64.4 Å². The molecule has 0 aliphatic heterocycles. The second-order valence-electron chi connectivity index (χ2n) is 3.77. The zero-order chi connectivity index (χ0) is 13.1. The smallest absolute Gasteiger partial charge is 0.124 e. The van der Waals surface area contributed by atoms with Gasteiger partial charge in [-0.3, -0.25) is 0 Å². The van der Waals surface area contributed by atoms with Crippen LogP contribution in [0.4, 0.5) is 4.39 Å². The molecule has 0 aliphatic carbocycles. The lowest BCUT2D eigenvalue weighted by Gasteiger charge is -2.15. The first-order valence-corrected chi connectivity index (χ1v) is 6.17. The van der Waals surface area contributed by atoms with Crippen LogP contribution in [0.2, 0.25) is 5.02 Å². The number of alkyl halides is 1. The van der Waals surface area contributed by atoms with Crippen molar-refractivity contribution in [3.63, 3.8) is 0 Å². The lowest BCUT2D eigenvalue weighted by atomic mass is 10.0. The quantitative estimate of drug-likeness (QED) is 0.735. The largest absolute Gasteiger partial charge is 0.496 e. The third-order valence-electron chi connectivity index (χ3n) is 2.64. The summed E-state index contributed by atoms with van der Waals surface area (Å²) in [6.45, 7) is 0. The molecular weight excluding hydrogens is 274 g/mol. The van der Waals surface area contributed by atoms with Gasteiger partial charge in [-0.2, -0.15) is 0 Å². The highest BCUT2D eigenvalue weighted by atomic mass is 35.5. The molecule has 2 aromatic rings. The second kappa shape index (κ2) is 5.59. The SMILES string of the molecule is COc1ccc(F)cc1C(Cl)c1ccccc1Cl. The zero-order valence-electron chi connectivity index (χ0n) is 9.66. The van der Waals surface area contributed by atoms with Gasteiger partial charge in [0.05, 0.1) is 12.5 Å². The van der Waals surface area contributed by atoms with Crippen LogP contribution in [0.5, 0.6) is 5.75 Å². The summed E-state index contributed by atoms with van der Waals surface area (Å²) in [4.78, 5) is 0. The van der Waals surface area contributed by atoms with Gasteiger partial charge in [-0.25, -0.2) is 4.39 Å². The van der Waals surface area contributed by atoms with Crippen LogP contribution < -0.4 is 4.74 Å². The molecule has 1 unspecified atom stereocenters. The Morgan fingerprint density at radius 3 is 2.50 bits per heavy atom. The Morgan fingerprint density at radius 1 is 1.11 bits per heavy atom. The van der Waals surface area contributed by atoms with Crippen molar-refractivity contribution in [2.75, 3.05) is 7.11 Å². The summed E-state index contributed by atoms with van der Waals surface area (Å²) >= 11 is 12.4. The van der Waals surface area contributed by atoms with E-state index in [0.717, 1.165) is 5.56 Å². The van der Waals surface area contributed by atoms with Gasteiger partial charge in [0, 0.05) is 10.6 Å². The van der Waals surface area contributed by atoms with Gasteiger partial charge in [0.15, 0.2) is 0 Å². The summed E-state index contributed by atoms with van der Waals surface area (Å²) < 4.78 is 18.5. The average Bonchev–Trinajstić information content (AvgIpc) is 2.38. The number of ether oxygens (including phenoxy) is 1. The van der Waals surface area contributed by atoms with Crippen LogP contribution >= 0.6 is 23.2 Å². The minimum Gasteiger partial charge on any atom is -0.496 e. The van der Waals surface area contributed by atoms with Crippen molar-refractivity contribution in [2.45, 2.75) is 5.38 Å². The highest BCUT2D eigenvalue weighted by Gasteiger charge is 2.18. The lowest BCUT2D eigenvalue weighted by Crippen LogP contribution is -1.99. The molecule has 1 atom stereocenters. The third kappa shape index (κ3) is 2.60. The average molecular weight is 285 g/mol. The molecule has 2 aromatic carbocycles. The van der Waals surface area contributed by atoms with Crippen LogP contribution in [0.3, 0.4) is 0 Å². The third-order valence-corrected chi connectivity index (χ3v) is 3.46. The maximum Gasteiger partial charge on any atom is 0.124 e. The summed E-state index contributed by atoms with van der Waals surface area (Å²) in [5.74, 6) is 0.180. The molecule has 0 radical (unpaired) electrons. The predicted octanol–water partition coefficient (Wildman–Crippen LogP) is 4.82. The first-order chi connectivity index (χ1) is 8.63. The van der Waals surface area contributed by atoms with Crippen molar-refractivity contribution in [2.24, 2.45) is 0 Å². The zero-order valence-corrected chi connectivity index (χ0v) is 11.2. The van der Waals surface area contributed by atoms with E-state index in [1.807, 2.05) is 18.2 Å². The Morgan fingerprint density at radius 2 is 1.83 bits per heavy atom. The summed E-state index contributed by atoms with van der Waals surface area (Å²) in [6.07, 6.45) is 0. The molecule has 94 valence electrons. The first kappa shape index (κ1) is 13.2. The van der Waals surface area contributed by atoms with Gasteiger partial charge >= 0.3 is 0 Å². The van der Waals surface area contributed by atoms with E-state index in [9.17, 15) is 4.39 Å². The fraction of sp³-hybridized carbons (Fsp3) is 0.143. The number of hydrogen-bond donors (Lipinski definition) is 0. The Labute approximate surface area is 115 Å². The normalized spacial score (nSPS) is 12.2. The molecule has 0 fully saturated rings. The highest BCUT2D eigenvalue weighted by molar-refractivity contribution is 6.33. The maximum atomic E-state index is 13.3. The van der Waals surface area contributed by atoms with E-state index in [0.29, 0.717) is 16.3 Å². The van der Waals surface area contributed by atoms with E-state index in [1.165, 1.54) is 19.2 Å². The topological polar surface area (TPSA) is 9.23 Å². The molecule has 0 saturated heterocycles. The van der Waals surface area contributed by atoms with Crippen molar-refractivity contribution in [1.82, 2.24) is 0 Å². The van der Waals surface area contributed by atoms with Crippen molar-refractivity contribution >= 4 is 23.2 Å². The molecule has 0 bridgehead atoms. The Hall–Kier alpha value is -1.25. The second-order valence-corrected chi connectivity index (χ2v) is 4.61. The summed E-state index contributed by atoms with van der Waals surface area (Å²) in [7, 11) is 1.52. The fourth-order valence-electron chi connectivity index (χ4n) is 1.75. The van der Waals surface area contributed by atoms with Gasteiger partial charge in [0.1, 0.15) is 11.6 Å². The first-order valence-electron chi connectivity index (χ1n) is 5.35. The Kier molecular flexibility index (Phi) is 4.10. The Bertz CT molecular complexity index is 557. The van der Waals surface area contributed by atoms with Crippen LogP contribution in [0.1, 0.15) is 16.5 Å². The summed E-state index contributed by atoms with van der Waals surface area (Å²) in [5, 5.41) is -0.00633. The van der Waals surface area contributed by atoms with Crippen LogP contribution in [0.25, 0.3) is 0 Å². The summed E-state index contributed by atoms with van der Waals surface area (Å²) in [5.41, 5.74) is 1.29. The molecule has 2 rings (SSSR count). The van der Waals surface area contributed by atoms with Gasteiger partial charge in [-0.15, -0.1) is 11.6 Å². The number of rotatable bonds is 3. The minimum atomic E-state index is -0.552. The van der Waals surface area contributed by atoms with Gasteiger partial charge in [0.2, 0.25) is 0 Å². The molecule has 0 amide bonds. The monoisotopic (exact) mass is 284 g/mol. The lowest BCUT2D eigenvalue weighted by molar-refractivity contribution is 0.409. The molecule has 1 nitrogen and oxygen atoms in total. The van der Waals surface area contributed by atoms with E-state index in [4.69, 9.17) is 27.9 Å². The Balaban J connectivity index is 2.48. The van der Waals surface area contributed by atoms with E-state index >= 15 is 0 Å². The standard InChI is InChI=1S/C14H11Cl2FO/c1-18-13-7-6-9(17)8-11(13)14(16)10-4-2-3-5-12(10)15/h2-8,14H,1H3. The van der Waals surface area contributed by atoms with Gasteiger partial charge < -0.3 is 4.74 Å². The van der Waals surface area contributed by atoms with Crippen LogP contribution in [-0.2, 0) is 0 Å². The molecule has 18 heavy (non-hydrogen) atoms. The van der Waals surface area contributed by atoms with Gasteiger partial charge in [-0.05, 0) is 29.8 Å². The molecule has 0 N–H and O–H groups in total. The van der Waals surface area contributed by atoms with Gasteiger partial charge in [-0.1, -0.05) is 29.8 Å². The predicted molar refractivity (Wildman–Crippen MR) is 72.1 cm³/mol. The molecule has 0 aromatic heterocycles. The molecule has 0 aliphatic rings. The molecule has 0 spiro atoms. The molecule has 0 heterocycles. The van der Waals surface area contributed by atoms with Crippen LogP contribution in [0, 0.1) is 5.82 Å². The van der Waals surface area contributed by atoms with E-state index in [-0.39, 0.29) is 5.82 Å². The highest BCUT2D eigenvalue weighted by Crippen LogP contribution is 2.38.